The van der Waals surface area contributed by atoms with Crippen LogP contribution in [0.1, 0.15) is 80.5 Å². The number of benzene rings is 4. The Balaban J connectivity index is 0.994. The van der Waals surface area contributed by atoms with E-state index in [2.05, 4.69) is 24.2 Å². The van der Waals surface area contributed by atoms with Crippen molar-refractivity contribution in [2.24, 2.45) is 5.92 Å². The molecule has 59 heavy (non-hydrogen) atoms. The first kappa shape index (κ1) is 42.4. The molecular weight excluding hydrogens is 751 g/mol. The van der Waals surface area contributed by atoms with Crippen LogP contribution in [0, 0.1) is 5.92 Å². The second-order valence-corrected chi connectivity index (χ2v) is 15.0. The van der Waals surface area contributed by atoms with Gasteiger partial charge in [-0.1, -0.05) is 43.3 Å². The molecule has 310 valence electrons. The zero-order valence-corrected chi connectivity index (χ0v) is 34.3. The van der Waals surface area contributed by atoms with E-state index in [1.165, 1.54) is 16.9 Å². The van der Waals surface area contributed by atoms with Crippen LogP contribution in [-0.4, -0.2) is 111 Å². The largest absolute Gasteiger partial charge is 0.495 e. The summed E-state index contributed by atoms with van der Waals surface area (Å²) in [6.07, 6.45) is 3.18. The molecule has 6 rings (SSSR count). The summed E-state index contributed by atoms with van der Waals surface area (Å²) in [5, 5.41) is 2.88. The van der Waals surface area contributed by atoms with E-state index in [0.29, 0.717) is 82.7 Å². The van der Waals surface area contributed by atoms with E-state index in [-0.39, 0.29) is 36.8 Å². The number of carbonyl (C=O) groups is 5. The lowest BCUT2D eigenvalue weighted by atomic mass is 10.0. The molecule has 0 saturated carbocycles. The standard InChI is InChI=1S/C46H53N5O8/c1-32(19-22-42(52)50-27-25-48(2)26-28-50)23-30-59-40-18-10-8-16-38(40)49(3)44(54)33-20-21-37(41(31-33)57-4)47-43(53)36-15-7-9-17-39(36)58-29-12-11-24-51-45(55)34-13-5-6-14-35(34)46(51)56/h5-10,13-18,20-21,31-32H,11-12,19,22-30H2,1-4H3,(H,47,53). The molecule has 1 saturated heterocycles. The second-order valence-electron chi connectivity index (χ2n) is 15.0. The van der Waals surface area contributed by atoms with E-state index in [1.54, 1.807) is 73.8 Å². The highest BCUT2D eigenvalue weighted by Gasteiger charge is 2.34. The van der Waals surface area contributed by atoms with Crippen molar-refractivity contribution in [3.8, 4) is 17.2 Å². The molecule has 1 unspecified atom stereocenters. The van der Waals surface area contributed by atoms with Gasteiger partial charge in [-0.2, -0.15) is 0 Å². The van der Waals surface area contributed by atoms with Gasteiger partial charge >= 0.3 is 0 Å². The topological polar surface area (TPSA) is 138 Å². The molecule has 0 radical (unpaired) electrons. The van der Waals surface area contributed by atoms with Crippen molar-refractivity contribution in [3.05, 3.63) is 113 Å². The fourth-order valence-corrected chi connectivity index (χ4v) is 7.15. The molecule has 1 N–H and O–H groups in total. The van der Waals surface area contributed by atoms with Gasteiger partial charge in [0.2, 0.25) is 5.91 Å². The molecule has 4 aromatic rings. The third-order valence-corrected chi connectivity index (χ3v) is 10.8. The summed E-state index contributed by atoms with van der Waals surface area (Å²) < 4.78 is 17.8. The van der Waals surface area contributed by atoms with E-state index in [1.807, 2.05) is 29.2 Å². The number of nitrogens with one attached hydrogen (secondary N) is 1. The first-order chi connectivity index (χ1) is 28.5. The summed E-state index contributed by atoms with van der Waals surface area (Å²) in [6.45, 7) is 6.50. The maximum Gasteiger partial charge on any atom is 0.261 e. The van der Waals surface area contributed by atoms with E-state index >= 15 is 0 Å². The number of methoxy groups -OCH3 is 1. The minimum Gasteiger partial charge on any atom is -0.495 e. The fraction of sp³-hybridized carbons (Fsp3) is 0.370. The number of para-hydroxylation sites is 3. The van der Waals surface area contributed by atoms with Gasteiger partial charge in [0.25, 0.3) is 23.6 Å². The minimum atomic E-state index is -0.428. The number of nitrogens with zero attached hydrogens (tertiary/aromatic N) is 4. The van der Waals surface area contributed by atoms with Crippen LogP contribution in [0.3, 0.4) is 0 Å². The maximum atomic E-state index is 13.8. The average molecular weight is 804 g/mol. The van der Waals surface area contributed by atoms with Crippen molar-refractivity contribution in [2.45, 2.75) is 39.0 Å². The van der Waals surface area contributed by atoms with Gasteiger partial charge in [0.1, 0.15) is 17.2 Å². The molecule has 13 nitrogen and oxygen atoms in total. The number of hydrogen-bond acceptors (Lipinski definition) is 9. The van der Waals surface area contributed by atoms with Crippen molar-refractivity contribution in [1.29, 1.82) is 0 Å². The molecule has 4 aromatic carbocycles. The maximum absolute atomic E-state index is 13.8. The summed E-state index contributed by atoms with van der Waals surface area (Å²) >= 11 is 0. The number of piperazine rings is 1. The number of hydrogen-bond donors (Lipinski definition) is 1. The lowest BCUT2D eigenvalue weighted by Gasteiger charge is -2.32. The van der Waals surface area contributed by atoms with E-state index in [4.69, 9.17) is 14.2 Å². The Morgan fingerprint density at radius 3 is 2.12 bits per heavy atom. The van der Waals surface area contributed by atoms with Gasteiger partial charge in [-0.3, -0.25) is 28.9 Å². The number of likely N-dealkylation sites (N-methyl/N-ethyl adjacent to an activating group) is 1. The lowest BCUT2D eigenvalue weighted by molar-refractivity contribution is -0.133. The van der Waals surface area contributed by atoms with Crippen molar-refractivity contribution >= 4 is 40.9 Å². The van der Waals surface area contributed by atoms with Gasteiger partial charge in [0, 0.05) is 51.8 Å². The zero-order valence-electron chi connectivity index (χ0n) is 34.3. The molecular formula is C46H53N5O8. The summed E-state index contributed by atoms with van der Waals surface area (Å²) in [5.41, 5.74) is 2.47. The van der Waals surface area contributed by atoms with Crippen molar-refractivity contribution in [3.63, 3.8) is 0 Å². The molecule has 1 atom stereocenters. The van der Waals surface area contributed by atoms with Crippen LogP contribution in [0.5, 0.6) is 17.2 Å². The highest BCUT2D eigenvalue weighted by molar-refractivity contribution is 6.21. The molecule has 0 spiro atoms. The number of rotatable bonds is 18. The first-order valence-corrected chi connectivity index (χ1v) is 20.2. The molecule has 5 amide bonds. The van der Waals surface area contributed by atoms with Crippen LogP contribution in [0.25, 0.3) is 0 Å². The number of imide groups is 1. The van der Waals surface area contributed by atoms with Gasteiger partial charge in [-0.05, 0) is 93.2 Å². The average Bonchev–Trinajstić information content (AvgIpc) is 3.50. The Kier molecular flexibility index (Phi) is 14.4. The summed E-state index contributed by atoms with van der Waals surface area (Å²) in [4.78, 5) is 72.3. The number of carbonyl (C=O) groups excluding carboxylic acids is 5. The van der Waals surface area contributed by atoms with Crippen LogP contribution in [-0.2, 0) is 4.79 Å². The second kappa shape index (κ2) is 20.0. The number of unbranched alkanes of at least 4 members (excludes halogenated alkanes) is 1. The SMILES string of the molecule is COc1cc(C(=O)N(C)c2ccccc2OCCC(C)CCC(=O)N2CCN(C)CC2)ccc1NC(=O)c1ccccc1OCCCCN1C(=O)c2ccccc2C1=O. The number of anilines is 2. The van der Waals surface area contributed by atoms with Crippen LogP contribution in [0.2, 0.25) is 0 Å². The Morgan fingerprint density at radius 1 is 0.763 bits per heavy atom. The molecule has 0 aromatic heterocycles. The molecule has 0 bridgehead atoms. The molecule has 0 aliphatic carbocycles. The van der Waals surface area contributed by atoms with Gasteiger partial charge in [-0.15, -0.1) is 0 Å². The predicted octanol–water partition coefficient (Wildman–Crippen LogP) is 6.64. The summed E-state index contributed by atoms with van der Waals surface area (Å²) in [7, 11) is 5.22. The molecule has 1 fully saturated rings. The Bertz CT molecular complexity index is 2110. The number of fused-ring (bicyclic) bond motifs is 1. The molecule has 2 heterocycles. The first-order valence-electron chi connectivity index (χ1n) is 20.2. The van der Waals surface area contributed by atoms with Gasteiger partial charge in [0.05, 0.1) is 48.4 Å². The normalized spacial score (nSPS) is 14.4. The molecule has 13 heteroatoms. The quantitative estimate of drug-likeness (QED) is 0.0867. The molecule has 2 aliphatic rings. The third-order valence-electron chi connectivity index (χ3n) is 10.8. The zero-order chi connectivity index (χ0) is 41.9. The van der Waals surface area contributed by atoms with Crippen molar-refractivity contribution in [2.75, 3.05) is 77.4 Å². The Labute approximate surface area is 345 Å². The summed E-state index contributed by atoms with van der Waals surface area (Å²) in [6, 6.07) is 25.9. The summed E-state index contributed by atoms with van der Waals surface area (Å²) in [5.74, 6) is 0.458. The minimum absolute atomic E-state index is 0.212. The van der Waals surface area contributed by atoms with Crippen LogP contribution in [0.4, 0.5) is 11.4 Å². The smallest absolute Gasteiger partial charge is 0.261 e. The third kappa shape index (κ3) is 10.5. The fourth-order valence-electron chi connectivity index (χ4n) is 7.15. The van der Waals surface area contributed by atoms with Crippen molar-refractivity contribution in [1.82, 2.24) is 14.7 Å². The van der Waals surface area contributed by atoms with Gasteiger partial charge in [0.15, 0.2) is 0 Å². The van der Waals surface area contributed by atoms with Gasteiger partial charge in [-0.25, -0.2) is 0 Å². The van der Waals surface area contributed by atoms with E-state index in [0.717, 1.165) is 39.0 Å². The molecule has 2 aliphatic heterocycles. The predicted molar refractivity (Wildman–Crippen MR) is 226 cm³/mol. The highest BCUT2D eigenvalue weighted by Crippen LogP contribution is 2.32. The van der Waals surface area contributed by atoms with Crippen LogP contribution < -0.4 is 24.4 Å². The van der Waals surface area contributed by atoms with E-state index < -0.39 is 5.91 Å². The van der Waals surface area contributed by atoms with Crippen LogP contribution in [0.15, 0.2) is 91.0 Å². The van der Waals surface area contributed by atoms with Crippen LogP contribution >= 0.6 is 0 Å². The van der Waals surface area contributed by atoms with Gasteiger partial charge < -0.3 is 34.2 Å². The van der Waals surface area contributed by atoms with Crippen molar-refractivity contribution < 1.29 is 38.2 Å². The number of ether oxygens (including phenoxy) is 3. The Morgan fingerprint density at radius 2 is 1.41 bits per heavy atom. The monoisotopic (exact) mass is 803 g/mol. The van der Waals surface area contributed by atoms with E-state index in [9.17, 15) is 24.0 Å². The number of amides is 5. The highest BCUT2D eigenvalue weighted by atomic mass is 16.5. The lowest BCUT2D eigenvalue weighted by Crippen LogP contribution is -2.47. The Hall–Kier alpha value is -6.21.